The molecule has 23 heavy (non-hydrogen) atoms. The van der Waals surface area contributed by atoms with Crippen LogP contribution in [0.5, 0.6) is 0 Å². The van der Waals surface area contributed by atoms with Gasteiger partial charge in [-0.1, -0.05) is 23.2 Å². The van der Waals surface area contributed by atoms with E-state index in [0.717, 1.165) is 12.8 Å². The average Bonchev–Trinajstić information content (AvgIpc) is 2.88. The number of carbonyl (C=O) groups excluding carboxylic acids is 2. The molecule has 1 aliphatic rings. The molecule has 2 atom stereocenters. The fourth-order valence-corrected chi connectivity index (χ4v) is 2.92. The van der Waals surface area contributed by atoms with E-state index < -0.39 is 0 Å². The van der Waals surface area contributed by atoms with Crippen molar-refractivity contribution in [2.45, 2.75) is 25.3 Å². The van der Waals surface area contributed by atoms with Crippen LogP contribution in [0.15, 0.2) is 18.2 Å². The largest absolute Gasteiger partial charge is 0.336 e. The van der Waals surface area contributed by atoms with Crippen molar-refractivity contribution in [1.82, 2.24) is 4.90 Å². The lowest BCUT2D eigenvalue weighted by Crippen LogP contribution is -2.38. The van der Waals surface area contributed by atoms with Gasteiger partial charge < -0.3 is 16.0 Å². The molecule has 0 aromatic heterocycles. The van der Waals surface area contributed by atoms with E-state index in [2.05, 4.69) is 5.32 Å². The molecule has 1 aliphatic carbocycles. The van der Waals surface area contributed by atoms with Crippen molar-refractivity contribution in [1.29, 1.82) is 0 Å². The second kappa shape index (κ2) is 8.73. The first-order valence-corrected chi connectivity index (χ1v) is 7.88. The van der Waals surface area contributed by atoms with Crippen molar-refractivity contribution in [3.63, 3.8) is 0 Å². The molecule has 1 fully saturated rings. The van der Waals surface area contributed by atoms with Crippen molar-refractivity contribution in [2.75, 3.05) is 18.9 Å². The van der Waals surface area contributed by atoms with Crippen LogP contribution >= 0.6 is 35.6 Å². The summed E-state index contributed by atoms with van der Waals surface area (Å²) in [4.78, 5) is 25.7. The van der Waals surface area contributed by atoms with Crippen molar-refractivity contribution in [2.24, 2.45) is 11.7 Å². The van der Waals surface area contributed by atoms with E-state index in [4.69, 9.17) is 28.9 Å². The smallest absolute Gasteiger partial charge is 0.243 e. The molecule has 1 aromatic rings. The lowest BCUT2D eigenvalue weighted by atomic mass is 10.1. The number of likely N-dealkylation sites (N-methyl/N-ethyl adjacent to an activating group) is 1. The molecule has 2 unspecified atom stereocenters. The highest BCUT2D eigenvalue weighted by molar-refractivity contribution is 6.42. The van der Waals surface area contributed by atoms with E-state index in [-0.39, 0.29) is 42.7 Å². The first-order valence-electron chi connectivity index (χ1n) is 7.12. The van der Waals surface area contributed by atoms with Crippen LogP contribution in [0.3, 0.4) is 0 Å². The van der Waals surface area contributed by atoms with Gasteiger partial charge in [-0.3, -0.25) is 9.59 Å². The van der Waals surface area contributed by atoms with Gasteiger partial charge in [0.2, 0.25) is 11.8 Å². The maximum atomic E-state index is 12.2. The predicted molar refractivity (Wildman–Crippen MR) is 95.3 cm³/mol. The standard InChI is InChI=1S/C15H19Cl2N3O2.ClH/c1-20(15(22)9-2-3-10(18)6-9)8-14(21)19-11-4-5-12(16)13(17)7-11;/h4-5,7,9-10H,2-3,6,8,18H2,1H3,(H,19,21);1H. The summed E-state index contributed by atoms with van der Waals surface area (Å²) in [7, 11) is 1.63. The quantitative estimate of drug-likeness (QED) is 0.843. The highest BCUT2D eigenvalue weighted by atomic mass is 35.5. The Labute approximate surface area is 151 Å². The molecule has 0 spiro atoms. The molecule has 3 N–H and O–H groups in total. The molecule has 0 aliphatic heterocycles. The third kappa shape index (κ3) is 5.53. The van der Waals surface area contributed by atoms with Gasteiger partial charge in [0.1, 0.15) is 0 Å². The van der Waals surface area contributed by atoms with Crippen LogP contribution in [-0.2, 0) is 9.59 Å². The molecule has 8 heteroatoms. The number of nitrogens with zero attached hydrogens (tertiary/aromatic N) is 1. The number of anilines is 1. The van der Waals surface area contributed by atoms with E-state index in [1.165, 1.54) is 4.90 Å². The molecule has 2 amide bonds. The predicted octanol–water partition coefficient (Wildman–Crippen LogP) is 2.94. The number of nitrogens with one attached hydrogen (secondary N) is 1. The maximum Gasteiger partial charge on any atom is 0.243 e. The molecule has 2 rings (SSSR count). The Morgan fingerprint density at radius 2 is 2.00 bits per heavy atom. The fraction of sp³-hybridized carbons (Fsp3) is 0.467. The summed E-state index contributed by atoms with van der Waals surface area (Å²) < 4.78 is 0. The number of halogens is 3. The van der Waals surface area contributed by atoms with Crippen LogP contribution in [0.2, 0.25) is 10.0 Å². The zero-order chi connectivity index (χ0) is 16.3. The minimum atomic E-state index is -0.281. The summed E-state index contributed by atoms with van der Waals surface area (Å²) in [5.74, 6) is -0.383. The Balaban J connectivity index is 0.00000264. The number of nitrogens with two attached hydrogens (primary N) is 1. The number of hydrogen-bond donors (Lipinski definition) is 2. The summed E-state index contributed by atoms with van der Waals surface area (Å²) in [6.07, 6.45) is 2.34. The zero-order valence-corrected chi connectivity index (χ0v) is 15.0. The monoisotopic (exact) mass is 379 g/mol. The average molecular weight is 381 g/mol. The molecule has 0 saturated heterocycles. The second-order valence-corrected chi connectivity index (χ2v) is 6.46. The number of amides is 2. The highest BCUT2D eigenvalue weighted by Gasteiger charge is 2.30. The van der Waals surface area contributed by atoms with Crippen molar-refractivity contribution < 1.29 is 9.59 Å². The first-order chi connectivity index (χ1) is 10.4. The molecule has 5 nitrogen and oxygen atoms in total. The second-order valence-electron chi connectivity index (χ2n) is 5.64. The summed E-state index contributed by atoms with van der Waals surface area (Å²) in [5.41, 5.74) is 6.36. The Kier molecular flexibility index (Phi) is 7.61. The van der Waals surface area contributed by atoms with Crippen LogP contribution in [0, 0.1) is 5.92 Å². The van der Waals surface area contributed by atoms with Crippen LogP contribution in [0.4, 0.5) is 5.69 Å². The Morgan fingerprint density at radius 3 is 2.57 bits per heavy atom. The van der Waals surface area contributed by atoms with Crippen molar-refractivity contribution in [3.8, 4) is 0 Å². The number of benzene rings is 1. The van der Waals surface area contributed by atoms with Crippen molar-refractivity contribution >= 4 is 53.1 Å². The summed E-state index contributed by atoms with van der Waals surface area (Å²) >= 11 is 11.7. The van der Waals surface area contributed by atoms with E-state index in [1.807, 2.05) is 0 Å². The third-order valence-corrected chi connectivity index (χ3v) is 4.52. The van der Waals surface area contributed by atoms with Gasteiger partial charge >= 0.3 is 0 Å². The maximum absolute atomic E-state index is 12.2. The van der Waals surface area contributed by atoms with Gasteiger partial charge in [-0.25, -0.2) is 0 Å². The molecular formula is C15H20Cl3N3O2. The zero-order valence-electron chi connectivity index (χ0n) is 12.7. The van der Waals surface area contributed by atoms with Gasteiger partial charge in [0.25, 0.3) is 0 Å². The molecule has 0 radical (unpaired) electrons. The molecule has 1 aromatic carbocycles. The van der Waals surface area contributed by atoms with Crippen LogP contribution < -0.4 is 11.1 Å². The minimum Gasteiger partial charge on any atom is -0.336 e. The first kappa shape index (κ1) is 20.0. The van der Waals surface area contributed by atoms with Gasteiger partial charge in [-0.05, 0) is 37.5 Å². The van der Waals surface area contributed by atoms with Gasteiger partial charge in [0.05, 0.1) is 16.6 Å². The van der Waals surface area contributed by atoms with E-state index in [9.17, 15) is 9.59 Å². The van der Waals surface area contributed by atoms with Crippen LogP contribution in [0.25, 0.3) is 0 Å². The normalized spacial score (nSPS) is 19.8. The Hall–Kier alpha value is -1.01. The lowest BCUT2D eigenvalue weighted by molar-refractivity contribution is -0.136. The molecule has 1 saturated carbocycles. The van der Waals surface area contributed by atoms with Gasteiger partial charge in [0.15, 0.2) is 0 Å². The van der Waals surface area contributed by atoms with Gasteiger partial charge in [-0.2, -0.15) is 0 Å². The Bertz CT molecular complexity index is 583. The summed E-state index contributed by atoms with van der Waals surface area (Å²) in [6, 6.07) is 4.92. The summed E-state index contributed by atoms with van der Waals surface area (Å²) in [6.45, 7) is -0.00911. The number of hydrogen-bond acceptors (Lipinski definition) is 3. The number of carbonyl (C=O) groups is 2. The highest BCUT2D eigenvalue weighted by Crippen LogP contribution is 2.26. The molecule has 0 bridgehead atoms. The van der Waals surface area contributed by atoms with E-state index >= 15 is 0 Å². The Morgan fingerprint density at radius 1 is 1.30 bits per heavy atom. The summed E-state index contributed by atoms with van der Waals surface area (Å²) in [5, 5.41) is 3.48. The van der Waals surface area contributed by atoms with Gasteiger partial charge in [-0.15, -0.1) is 12.4 Å². The van der Waals surface area contributed by atoms with Gasteiger partial charge in [0, 0.05) is 24.7 Å². The number of rotatable bonds is 4. The third-order valence-electron chi connectivity index (χ3n) is 3.78. The van der Waals surface area contributed by atoms with E-state index in [1.54, 1.807) is 25.2 Å². The van der Waals surface area contributed by atoms with Crippen LogP contribution in [0.1, 0.15) is 19.3 Å². The van der Waals surface area contributed by atoms with E-state index in [0.29, 0.717) is 22.2 Å². The minimum absolute atomic E-state index is 0. The lowest BCUT2D eigenvalue weighted by Gasteiger charge is -2.20. The molecular weight excluding hydrogens is 361 g/mol. The van der Waals surface area contributed by atoms with Crippen LogP contribution in [-0.4, -0.2) is 36.3 Å². The molecule has 0 heterocycles. The SMILES string of the molecule is CN(CC(=O)Nc1ccc(Cl)c(Cl)c1)C(=O)C1CCC(N)C1.Cl. The van der Waals surface area contributed by atoms with Crippen molar-refractivity contribution in [3.05, 3.63) is 28.2 Å². The topological polar surface area (TPSA) is 75.4 Å². The molecule has 128 valence electrons. The fourth-order valence-electron chi connectivity index (χ4n) is 2.62.